The van der Waals surface area contributed by atoms with Crippen molar-refractivity contribution in [1.29, 1.82) is 0 Å². The van der Waals surface area contributed by atoms with Gasteiger partial charge in [0.1, 0.15) is 5.75 Å². The molecule has 1 N–H and O–H groups in total. The summed E-state index contributed by atoms with van der Waals surface area (Å²) in [5.74, 6) is 0.0939. The Kier molecular flexibility index (Phi) is 5.31. The van der Waals surface area contributed by atoms with Crippen molar-refractivity contribution < 1.29 is 27.8 Å². The van der Waals surface area contributed by atoms with Crippen molar-refractivity contribution in [2.45, 2.75) is 43.2 Å². The molecule has 2 aromatic carbocycles. The quantitative estimate of drug-likeness (QED) is 0.833. The average molecular weight is 407 g/mol. The molecule has 0 spiro atoms. The van der Waals surface area contributed by atoms with Crippen molar-refractivity contribution in [2.24, 2.45) is 0 Å². The molecule has 2 aliphatic heterocycles. The first-order chi connectivity index (χ1) is 13.8. The minimum Gasteiger partial charge on any atom is -0.497 e. The lowest BCUT2D eigenvalue weighted by Crippen LogP contribution is -2.60. The van der Waals surface area contributed by atoms with Gasteiger partial charge in [0, 0.05) is 18.6 Å². The molecule has 2 saturated heterocycles. The maximum absolute atomic E-state index is 13.3. The van der Waals surface area contributed by atoms with Crippen LogP contribution >= 0.6 is 0 Å². The molecule has 2 aromatic rings. The third-order valence-electron chi connectivity index (χ3n) is 5.92. The number of fused-ring (bicyclic) bond motifs is 2. The van der Waals surface area contributed by atoms with Gasteiger partial charge in [-0.1, -0.05) is 30.3 Å². The second-order valence-corrected chi connectivity index (χ2v) is 7.89. The third-order valence-corrected chi connectivity index (χ3v) is 5.92. The van der Waals surface area contributed by atoms with Crippen LogP contribution < -0.4 is 4.74 Å². The number of piperidine rings is 1. The fourth-order valence-electron chi connectivity index (χ4n) is 4.48. The van der Waals surface area contributed by atoms with Crippen LogP contribution in [0.3, 0.4) is 0 Å². The first kappa shape index (κ1) is 20.2. The van der Waals surface area contributed by atoms with Crippen LogP contribution in [0.2, 0.25) is 0 Å². The molecule has 2 heterocycles. The lowest BCUT2D eigenvalue weighted by atomic mass is 9.76. The van der Waals surface area contributed by atoms with E-state index >= 15 is 0 Å². The summed E-state index contributed by atoms with van der Waals surface area (Å²) in [5.41, 5.74) is -0.759. The van der Waals surface area contributed by atoms with E-state index in [4.69, 9.17) is 9.47 Å². The monoisotopic (exact) mass is 407 g/mol. The van der Waals surface area contributed by atoms with E-state index in [0.717, 1.165) is 24.2 Å². The maximum atomic E-state index is 13.3. The second kappa shape index (κ2) is 7.63. The zero-order valence-corrected chi connectivity index (χ0v) is 16.2. The molecule has 4 rings (SSSR count). The maximum Gasteiger partial charge on any atom is 0.416 e. The lowest BCUT2D eigenvalue weighted by Gasteiger charge is -2.52. The van der Waals surface area contributed by atoms with Gasteiger partial charge in [-0.2, -0.15) is 13.2 Å². The number of nitrogens with zero attached hydrogens (tertiary/aromatic N) is 1. The summed E-state index contributed by atoms with van der Waals surface area (Å²) in [6, 6.07) is 13.4. The molecule has 2 aliphatic rings. The summed E-state index contributed by atoms with van der Waals surface area (Å²) < 4.78 is 50.8. The van der Waals surface area contributed by atoms with Gasteiger partial charge in [-0.15, -0.1) is 0 Å². The molecule has 4 nitrogen and oxygen atoms in total. The van der Waals surface area contributed by atoms with Crippen molar-refractivity contribution in [2.75, 3.05) is 20.3 Å². The molecule has 0 amide bonds. The molecule has 0 aliphatic carbocycles. The van der Waals surface area contributed by atoms with E-state index in [1.165, 1.54) is 13.2 Å². The van der Waals surface area contributed by atoms with Crippen LogP contribution in [0.1, 0.15) is 29.5 Å². The summed E-state index contributed by atoms with van der Waals surface area (Å²) in [5, 5.41) is 11.4. The largest absolute Gasteiger partial charge is 0.497 e. The Balaban J connectivity index is 1.63. The first-order valence-corrected chi connectivity index (χ1v) is 9.65. The van der Waals surface area contributed by atoms with Crippen LogP contribution in [0, 0.1) is 0 Å². The summed E-state index contributed by atoms with van der Waals surface area (Å²) in [6.45, 7) is 1.62. The fraction of sp³-hybridized carbons (Fsp3) is 0.455. The van der Waals surface area contributed by atoms with Crippen molar-refractivity contribution in [1.82, 2.24) is 4.90 Å². The molecular weight excluding hydrogens is 383 g/mol. The molecule has 7 heteroatoms. The summed E-state index contributed by atoms with van der Waals surface area (Å²) in [7, 11) is 1.33. The van der Waals surface area contributed by atoms with Gasteiger partial charge in [-0.05, 0) is 42.2 Å². The van der Waals surface area contributed by atoms with Crippen LogP contribution in [0.4, 0.5) is 13.2 Å². The zero-order chi connectivity index (χ0) is 20.6. The lowest BCUT2D eigenvalue weighted by molar-refractivity contribution is -0.150. The standard InChI is InChI=1S/C22H24F3NO3/c1-28-20-8-16(7-17(9-20)22(23,24)25)21(27)10-18-13-29-14-19(11-21)26(18)12-15-5-3-2-4-6-15/h2-9,18-19,27H,10-14H2,1H3. The van der Waals surface area contributed by atoms with E-state index < -0.39 is 17.3 Å². The Bertz CT molecular complexity index is 842. The fourth-order valence-corrected chi connectivity index (χ4v) is 4.48. The minimum absolute atomic E-state index is 0.0757. The van der Waals surface area contributed by atoms with Gasteiger partial charge in [0.05, 0.1) is 31.5 Å². The predicted molar refractivity (Wildman–Crippen MR) is 102 cm³/mol. The molecule has 2 unspecified atom stereocenters. The molecule has 2 atom stereocenters. The van der Waals surface area contributed by atoms with Gasteiger partial charge >= 0.3 is 6.18 Å². The second-order valence-electron chi connectivity index (χ2n) is 7.89. The van der Waals surface area contributed by atoms with Gasteiger partial charge in [0.25, 0.3) is 0 Å². The summed E-state index contributed by atoms with van der Waals surface area (Å²) in [4.78, 5) is 2.30. The van der Waals surface area contributed by atoms with Gasteiger partial charge < -0.3 is 14.6 Å². The van der Waals surface area contributed by atoms with Crippen molar-refractivity contribution >= 4 is 0 Å². The first-order valence-electron chi connectivity index (χ1n) is 9.65. The highest BCUT2D eigenvalue weighted by Crippen LogP contribution is 2.44. The van der Waals surface area contributed by atoms with Crippen LogP contribution in [0.25, 0.3) is 0 Å². The average Bonchev–Trinajstić information content (AvgIpc) is 2.68. The predicted octanol–water partition coefficient (Wildman–Crippen LogP) is 3.97. The summed E-state index contributed by atoms with van der Waals surface area (Å²) >= 11 is 0. The van der Waals surface area contributed by atoms with Gasteiger partial charge in [-0.3, -0.25) is 4.90 Å². The number of halogens is 3. The Morgan fingerprint density at radius 1 is 1.10 bits per heavy atom. The Labute approximate surface area is 167 Å². The molecular formula is C22H24F3NO3. The SMILES string of the molecule is COc1cc(C(F)(F)F)cc(C2(O)CC3COCC(C2)N3Cc2ccccc2)c1. The number of hydrogen-bond donors (Lipinski definition) is 1. The molecule has 0 radical (unpaired) electrons. The zero-order valence-electron chi connectivity index (χ0n) is 16.2. The van der Waals surface area contributed by atoms with Crippen LogP contribution in [-0.2, 0) is 23.1 Å². The molecule has 2 bridgehead atoms. The highest BCUT2D eigenvalue weighted by Gasteiger charge is 2.47. The topological polar surface area (TPSA) is 41.9 Å². The smallest absolute Gasteiger partial charge is 0.416 e. The minimum atomic E-state index is -4.51. The molecule has 29 heavy (non-hydrogen) atoms. The van der Waals surface area contributed by atoms with E-state index in [1.54, 1.807) is 0 Å². The van der Waals surface area contributed by atoms with E-state index in [9.17, 15) is 18.3 Å². The molecule has 0 aromatic heterocycles. The van der Waals surface area contributed by atoms with Gasteiger partial charge in [0.15, 0.2) is 0 Å². The number of rotatable bonds is 4. The van der Waals surface area contributed by atoms with Crippen LogP contribution in [-0.4, -0.2) is 42.4 Å². The van der Waals surface area contributed by atoms with Crippen LogP contribution in [0.5, 0.6) is 5.75 Å². The molecule has 2 fully saturated rings. The number of benzene rings is 2. The third kappa shape index (κ3) is 4.13. The Morgan fingerprint density at radius 3 is 2.34 bits per heavy atom. The number of alkyl halides is 3. The van der Waals surface area contributed by atoms with E-state index in [2.05, 4.69) is 17.0 Å². The molecule has 0 saturated carbocycles. The number of morpholine rings is 1. The van der Waals surface area contributed by atoms with Crippen molar-refractivity contribution in [3.05, 3.63) is 65.2 Å². The number of ether oxygens (including phenoxy) is 2. The highest BCUT2D eigenvalue weighted by molar-refractivity contribution is 5.39. The van der Waals surface area contributed by atoms with Crippen molar-refractivity contribution in [3.63, 3.8) is 0 Å². The number of hydrogen-bond acceptors (Lipinski definition) is 4. The van der Waals surface area contributed by atoms with Crippen LogP contribution in [0.15, 0.2) is 48.5 Å². The Morgan fingerprint density at radius 2 is 1.76 bits per heavy atom. The van der Waals surface area contributed by atoms with E-state index in [0.29, 0.717) is 26.1 Å². The van der Waals surface area contributed by atoms with Crippen molar-refractivity contribution in [3.8, 4) is 5.75 Å². The number of aliphatic hydroxyl groups is 1. The van der Waals surface area contributed by atoms with E-state index in [1.807, 2.05) is 18.2 Å². The highest BCUT2D eigenvalue weighted by atomic mass is 19.4. The summed E-state index contributed by atoms with van der Waals surface area (Å²) in [6.07, 6.45) is -3.89. The Hall–Kier alpha value is -2.09. The molecule has 156 valence electrons. The van der Waals surface area contributed by atoms with Gasteiger partial charge in [0.2, 0.25) is 0 Å². The van der Waals surface area contributed by atoms with Gasteiger partial charge in [-0.25, -0.2) is 0 Å². The van der Waals surface area contributed by atoms with E-state index in [-0.39, 0.29) is 23.4 Å². The normalized spacial score (nSPS) is 27.6. The number of methoxy groups -OCH3 is 1.